The van der Waals surface area contributed by atoms with E-state index in [1.807, 2.05) is 12.1 Å². The molecule has 0 bridgehead atoms. The Morgan fingerprint density at radius 1 is 1.19 bits per heavy atom. The summed E-state index contributed by atoms with van der Waals surface area (Å²) in [6.45, 7) is 3.55. The molecule has 0 aromatic heterocycles. The summed E-state index contributed by atoms with van der Waals surface area (Å²) in [5.41, 5.74) is 4.44. The molecule has 0 unspecified atom stereocenters. The molecule has 3 nitrogen and oxygen atoms in total. The first-order valence-electron chi connectivity index (χ1n) is 7.03. The lowest BCUT2D eigenvalue weighted by Crippen LogP contribution is -2.23. The van der Waals surface area contributed by atoms with Crippen molar-refractivity contribution in [3.8, 4) is 0 Å². The van der Waals surface area contributed by atoms with Crippen molar-refractivity contribution in [3.05, 3.63) is 64.5 Å². The van der Waals surface area contributed by atoms with E-state index >= 15 is 0 Å². The molecule has 108 valence electrons. The number of aryl methyl sites for hydroxylation is 1. The summed E-state index contributed by atoms with van der Waals surface area (Å²) in [5, 5.41) is 6.19. The Balaban J connectivity index is 1.81. The molecule has 0 saturated heterocycles. The highest BCUT2D eigenvalue weighted by Gasteiger charge is 2.12. The number of rotatable bonds is 2. The van der Waals surface area contributed by atoms with Crippen molar-refractivity contribution in [1.29, 1.82) is 0 Å². The number of amides is 1. The van der Waals surface area contributed by atoms with Crippen LogP contribution in [0.3, 0.4) is 0 Å². The fourth-order valence-electron chi connectivity index (χ4n) is 2.64. The van der Waals surface area contributed by atoms with E-state index in [9.17, 15) is 9.18 Å². The average molecular weight is 284 g/mol. The van der Waals surface area contributed by atoms with Crippen LogP contribution in [0.25, 0.3) is 0 Å². The minimum absolute atomic E-state index is 0.212. The largest absolute Gasteiger partial charge is 0.322 e. The van der Waals surface area contributed by atoms with E-state index in [1.54, 1.807) is 6.92 Å². The molecule has 3 rings (SSSR count). The van der Waals surface area contributed by atoms with Crippen LogP contribution in [0.4, 0.5) is 10.1 Å². The highest BCUT2D eigenvalue weighted by atomic mass is 19.1. The van der Waals surface area contributed by atoms with Gasteiger partial charge in [-0.3, -0.25) is 4.79 Å². The van der Waals surface area contributed by atoms with Gasteiger partial charge in [-0.25, -0.2) is 4.39 Å². The lowest BCUT2D eigenvalue weighted by atomic mass is 10.0. The number of carbonyl (C=O) groups excluding carboxylic acids is 1. The van der Waals surface area contributed by atoms with E-state index in [0.717, 1.165) is 25.2 Å². The van der Waals surface area contributed by atoms with Crippen LogP contribution in [0.15, 0.2) is 36.4 Å². The van der Waals surface area contributed by atoms with Crippen LogP contribution in [0.5, 0.6) is 0 Å². The van der Waals surface area contributed by atoms with Crippen molar-refractivity contribution in [1.82, 2.24) is 5.32 Å². The van der Waals surface area contributed by atoms with E-state index in [0.29, 0.717) is 11.1 Å². The van der Waals surface area contributed by atoms with Crippen LogP contribution in [-0.2, 0) is 13.0 Å². The molecule has 0 radical (unpaired) electrons. The van der Waals surface area contributed by atoms with Gasteiger partial charge in [0.25, 0.3) is 5.91 Å². The molecule has 0 atom stereocenters. The number of nitrogens with one attached hydrogen (secondary N) is 2. The van der Waals surface area contributed by atoms with E-state index in [1.165, 1.54) is 29.3 Å². The van der Waals surface area contributed by atoms with Gasteiger partial charge in [0.1, 0.15) is 5.82 Å². The first-order valence-corrected chi connectivity index (χ1v) is 7.03. The van der Waals surface area contributed by atoms with Crippen molar-refractivity contribution < 1.29 is 9.18 Å². The van der Waals surface area contributed by atoms with Gasteiger partial charge in [0.2, 0.25) is 0 Å². The van der Waals surface area contributed by atoms with Gasteiger partial charge in [0.15, 0.2) is 0 Å². The fourth-order valence-corrected chi connectivity index (χ4v) is 2.64. The molecule has 2 aromatic carbocycles. The predicted molar refractivity (Wildman–Crippen MR) is 80.9 cm³/mol. The number of carbonyl (C=O) groups is 1. The third-order valence-electron chi connectivity index (χ3n) is 3.78. The molecule has 2 aromatic rings. The van der Waals surface area contributed by atoms with Crippen molar-refractivity contribution in [3.63, 3.8) is 0 Å². The summed E-state index contributed by atoms with van der Waals surface area (Å²) in [6, 6.07) is 10.2. The van der Waals surface area contributed by atoms with E-state index in [4.69, 9.17) is 0 Å². The molecule has 0 spiro atoms. The van der Waals surface area contributed by atoms with Gasteiger partial charge in [-0.05, 0) is 66.9 Å². The van der Waals surface area contributed by atoms with Crippen molar-refractivity contribution in [2.45, 2.75) is 19.9 Å². The second kappa shape index (κ2) is 5.66. The minimum Gasteiger partial charge on any atom is -0.322 e. The number of fused-ring (bicyclic) bond motifs is 1. The van der Waals surface area contributed by atoms with Crippen LogP contribution >= 0.6 is 0 Å². The molecule has 1 heterocycles. The molecular weight excluding hydrogens is 267 g/mol. The van der Waals surface area contributed by atoms with Gasteiger partial charge in [-0.1, -0.05) is 6.07 Å². The monoisotopic (exact) mass is 284 g/mol. The zero-order valence-electron chi connectivity index (χ0n) is 11.9. The zero-order valence-corrected chi connectivity index (χ0v) is 11.9. The molecule has 4 heteroatoms. The standard InChI is InChI=1S/C17H17FN2O/c1-11-8-14(18)3-5-16(11)17(21)20-15-4-2-12-6-7-19-10-13(12)9-15/h2-5,8-9,19H,6-7,10H2,1H3,(H,20,21). The number of benzene rings is 2. The van der Waals surface area contributed by atoms with Crippen molar-refractivity contribution in [2.24, 2.45) is 0 Å². The molecule has 1 aliphatic rings. The molecule has 21 heavy (non-hydrogen) atoms. The first-order chi connectivity index (χ1) is 10.1. The van der Waals surface area contributed by atoms with E-state index < -0.39 is 0 Å². The lowest BCUT2D eigenvalue weighted by molar-refractivity contribution is 0.102. The first kappa shape index (κ1) is 13.8. The summed E-state index contributed by atoms with van der Waals surface area (Å²) in [5.74, 6) is -0.542. The Bertz CT molecular complexity index is 697. The van der Waals surface area contributed by atoms with Gasteiger partial charge in [0, 0.05) is 17.8 Å². The average Bonchev–Trinajstić information content (AvgIpc) is 2.47. The third kappa shape index (κ3) is 2.95. The summed E-state index contributed by atoms with van der Waals surface area (Å²) < 4.78 is 13.1. The Kier molecular flexibility index (Phi) is 3.71. The van der Waals surface area contributed by atoms with Crippen LogP contribution in [0, 0.1) is 12.7 Å². The molecule has 1 aliphatic heterocycles. The van der Waals surface area contributed by atoms with Crippen LogP contribution in [0.1, 0.15) is 27.0 Å². The number of halogens is 1. The second-order valence-corrected chi connectivity index (χ2v) is 5.32. The predicted octanol–water partition coefficient (Wildman–Crippen LogP) is 3.03. The summed E-state index contributed by atoms with van der Waals surface area (Å²) >= 11 is 0. The van der Waals surface area contributed by atoms with Gasteiger partial charge in [-0.2, -0.15) is 0 Å². The van der Waals surface area contributed by atoms with Gasteiger partial charge < -0.3 is 10.6 Å². The molecule has 2 N–H and O–H groups in total. The molecule has 0 aliphatic carbocycles. The molecular formula is C17H17FN2O. The maximum atomic E-state index is 13.1. The highest BCUT2D eigenvalue weighted by molar-refractivity contribution is 6.05. The summed E-state index contributed by atoms with van der Waals surface area (Å²) in [4.78, 5) is 12.3. The quantitative estimate of drug-likeness (QED) is 0.890. The zero-order chi connectivity index (χ0) is 14.8. The maximum absolute atomic E-state index is 13.1. The Morgan fingerprint density at radius 3 is 2.86 bits per heavy atom. The maximum Gasteiger partial charge on any atom is 0.255 e. The molecule has 1 amide bonds. The van der Waals surface area contributed by atoms with Crippen molar-refractivity contribution in [2.75, 3.05) is 11.9 Å². The SMILES string of the molecule is Cc1cc(F)ccc1C(=O)Nc1ccc2c(c1)CNCC2. The van der Waals surface area contributed by atoms with E-state index in [2.05, 4.69) is 16.7 Å². The number of hydrogen-bond donors (Lipinski definition) is 2. The highest BCUT2D eigenvalue weighted by Crippen LogP contribution is 2.20. The van der Waals surface area contributed by atoms with Gasteiger partial charge in [-0.15, -0.1) is 0 Å². The third-order valence-corrected chi connectivity index (χ3v) is 3.78. The minimum atomic E-state index is -0.330. The van der Waals surface area contributed by atoms with E-state index in [-0.39, 0.29) is 11.7 Å². The number of hydrogen-bond acceptors (Lipinski definition) is 2. The topological polar surface area (TPSA) is 41.1 Å². The summed E-state index contributed by atoms with van der Waals surface area (Å²) in [7, 11) is 0. The Labute approximate surface area is 123 Å². The Hall–Kier alpha value is -2.20. The van der Waals surface area contributed by atoms with Gasteiger partial charge >= 0.3 is 0 Å². The second-order valence-electron chi connectivity index (χ2n) is 5.32. The van der Waals surface area contributed by atoms with Crippen LogP contribution < -0.4 is 10.6 Å². The normalized spacial score (nSPS) is 13.6. The van der Waals surface area contributed by atoms with Crippen LogP contribution in [-0.4, -0.2) is 12.5 Å². The van der Waals surface area contributed by atoms with Gasteiger partial charge in [0.05, 0.1) is 0 Å². The van der Waals surface area contributed by atoms with Crippen molar-refractivity contribution >= 4 is 11.6 Å². The Morgan fingerprint density at radius 2 is 2.05 bits per heavy atom. The summed E-state index contributed by atoms with van der Waals surface area (Å²) in [6.07, 6.45) is 1.01. The smallest absolute Gasteiger partial charge is 0.255 e. The lowest BCUT2D eigenvalue weighted by Gasteiger charge is -2.18. The molecule has 0 saturated carbocycles. The molecule has 0 fully saturated rings. The van der Waals surface area contributed by atoms with Crippen LogP contribution in [0.2, 0.25) is 0 Å². The number of anilines is 1. The fraction of sp³-hybridized carbons (Fsp3) is 0.235.